The van der Waals surface area contributed by atoms with E-state index in [1.54, 1.807) is 0 Å². The summed E-state index contributed by atoms with van der Waals surface area (Å²) in [5.74, 6) is -0.541. The van der Waals surface area contributed by atoms with Gasteiger partial charge in [0, 0.05) is 6.54 Å². The van der Waals surface area contributed by atoms with Crippen LogP contribution in [-0.2, 0) is 11.2 Å². The molecule has 19 heavy (non-hydrogen) atoms. The van der Waals surface area contributed by atoms with Crippen LogP contribution in [-0.4, -0.2) is 24.7 Å². The molecule has 6 heteroatoms. The molecule has 0 bridgehead atoms. The van der Waals surface area contributed by atoms with Gasteiger partial charge in [-0.1, -0.05) is 30.3 Å². The van der Waals surface area contributed by atoms with Crippen molar-refractivity contribution in [2.24, 2.45) is 5.73 Å². The first-order valence-corrected chi connectivity index (χ1v) is 6.02. The average Bonchev–Trinajstić information content (AvgIpc) is 2.35. The predicted molar refractivity (Wildman–Crippen MR) is 66.4 cm³/mol. The summed E-state index contributed by atoms with van der Waals surface area (Å²) in [5.41, 5.74) is 6.66. The van der Waals surface area contributed by atoms with Crippen molar-refractivity contribution in [1.82, 2.24) is 5.32 Å². The number of benzene rings is 1. The highest BCUT2D eigenvalue weighted by atomic mass is 19.4. The molecule has 1 atom stereocenters. The van der Waals surface area contributed by atoms with Gasteiger partial charge in [0.2, 0.25) is 5.91 Å². The summed E-state index contributed by atoms with van der Waals surface area (Å²) in [6, 6.07) is 8.68. The lowest BCUT2D eigenvalue weighted by Gasteiger charge is -2.13. The van der Waals surface area contributed by atoms with Crippen molar-refractivity contribution in [2.75, 3.05) is 6.54 Å². The molecule has 0 aliphatic rings. The quantitative estimate of drug-likeness (QED) is 0.833. The molecular weight excluding hydrogens is 257 g/mol. The minimum atomic E-state index is -4.26. The summed E-state index contributed by atoms with van der Waals surface area (Å²) in [7, 11) is 0. The molecule has 0 aliphatic carbocycles. The van der Waals surface area contributed by atoms with Gasteiger partial charge in [0.15, 0.2) is 0 Å². The molecule has 0 radical (unpaired) electrons. The lowest BCUT2D eigenvalue weighted by molar-refractivity contribution is -0.135. The molecule has 0 saturated heterocycles. The molecular formula is C13H17F3N2O. The zero-order chi connectivity index (χ0) is 14.3. The Morgan fingerprint density at radius 3 is 2.47 bits per heavy atom. The maximum Gasteiger partial charge on any atom is 0.390 e. The SMILES string of the molecule is N[C@@H](CCc1ccccc1)C(=O)NCCC(F)(F)F. The second-order valence-corrected chi connectivity index (χ2v) is 4.29. The van der Waals surface area contributed by atoms with Crippen molar-refractivity contribution < 1.29 is 18.0 Å². The fraction of sp³-hybridized carbons (Fsp3) is 0.462. The summed E-state index contributed by atoms with van der Waals surface area (Å²) >= 11 is 0. The Morgan fingerprint density at radius 1 is 1.26 bits per heavy atom. The Morgan fingerprint density at radius 2 is 1.89 bits per heavy atom. The topological polar surface area (TPSA) is 55.1 Å². The molecule has 0 fully saturated rings. The van der Waals surface area contributed by atoms with Crippen molar-refractivity contribution in [3.8, 4) is 0 Å². The van der Waals surface area contributed by atoms with Gasteiger partial charge >= 0.3 is 6.18 Å². The lowest BCUT2D eigenvalue weighted by atomic mass is 10.1. The number of carbonyl (C=O) groups excluding carboxylic acids is 1. The molecule has 0 saturated carbocycles. The summed E-state index contributed by atoms with van der Waals surface area (Å²) in [6.45, 7) is -0.429. The largest absolute Gasteiger partial charge is 0.390 e. The van der Waals surface area contributed by atoms with E-state index in [-0.39, 0.29) is 0 Å². The third-order valence-corrected chi connectivity index (χ3v) is 2.63. The monoisotopic (exact) mass is 274 g/mol. The number of nitrogens with two attached hydrogens (primary N) is 1. The third-order valence-electron chi connectivity index (χ3n) is 2.63. The molecule has 0 spiro atoms. The van der Waals surface area contributed by atoms with Gasteiger partial charge in [0.05, 0.1) is 12.5 Å². The number of hydrogen-bond donors (Lipinski definition) is 2. The molecule has 106 valence electrons. The number of halogens is 3. The smallest absolute Gasteiger partial charge is 0.354 e. The van der Waals surface area contributed by atoms with Crippen LogP contribution in [0, 0.1) is 0 Å². The van der Waals surface area contributed by atoms with Crippen molar-refractivity contribution in [3.05, 3.63) is 35.9 Å². The van der Waals surface area contributed by atoms with Gasteiger partial charge in [0.25, 0.3) is 0 Å². The van der Waals surface area contributed by atoms with E-state index in [9.17, 15) is 18.0 Å². The highest BCUT2D eigenvalue weighted by molar-refractivity contribution is 5.81. The van der Waals surface area contributed by atoms with Crippen molar-refractivity contribution in [3.63, 3.8) is 0 Å². The zero-order valence-corrected chi connectivity index (χ0v) is 10.4. The zero-order valence-electron chi connectivity index (χ0n) is 10.4. The van der Waals surface area contributed by atoms with Gasteiger partial charge in [-0.05, 0) is 18.4 Å². The van der Waals surface area contributed by atoms with Crippen LogP contribution in [0.5, 0.6) is 0 Å². The molecule has 1 rings (SSSR count). The van der Waals surface area contributed by atoms with Crippen LogP contribution in [0.2, 0.25) is 0 Å². The molecule has 0 heterocycles. The molecule has 3 N–H and O–H groups in total. The molecule has 3 nitrogen and oxygen atoms in total. The highest BCUT2D eigenvalue weighted by Crippen LogP contribution is 2.18. The van der Waals surface area contributed by atoms with E-state index >= 15 is 0 Å². The molecule has 1 aromatic rings. The predicted octanol–water partition coefficient (Wildman–Crippen LogP) is 2.02. The maximum atomic E-state index is 11.9. The Balaban J connectivity index is 2.25. The van der Waals surface area contributed by atoms with Gasteiger partial charge in [-0.15, -0.1) is 0 Å². The van der Waals surface area contributed by atoms with Crippen LogP contribution in [0.3, 0.4) is 0 Å². The third kappa shape index (κ3) is 6.81. The minimum absolute atomic E-state index is 0.405. The van der Waals surface area contributed by atoms with E-state index in [1.807, 2.05) is 30.3 Å². The van der Waals surface area contributed by atoms with Crippen molar-refractivity contribution >= 4 is 5.91 Å². The van der Waals surface area contributed by atoms with Crippen molar-refractivity contribution in [1.29, 1.82) is 0 Å². The first-order valence-electron chi connectivity index (χ1n) is 6.02. The maximum absolute atomic E-state index is 11.9. The summed E-state index contributed by atoms with van der Waals surface area (Å²) in [5, 5.41) is 2.19. The second-order valence-electron chi connectivity index (χ2n) is 4.29. The normalized spacial score (nSPS) is 13.1. The molecule has 1 aromatic carbocycles. The highest BCUT2D eigenvalue weighted by Gasteiger charge is 2.26. The van der Waals surface area contributed by atoms with Gasteiger partial charge in [-0.2, -0.15) is 13.2 Å². The van der Waals surface area contributed by atoms with Crippen LogP contribution in [0.4, 0.5) is 13.2 Å². The van der Waals surface area contributed by atoms with Gasteiger partial charge in [0.1, 0.15) is 0 Å². The lowest BCUT2D eigenvalue weighted by Crippen LogP contribution is -2.42. The van der Waals surface area contributed by atoms with E-state index in [0.717, 1.165) is 5.56 Å². The molecule has 0 aromatic heterocycles. The second kappa shape index (κ2) is 7.13. The van der Waals surface area contributed by atoms with E-state index < -0.39 is 31.1 Å². The van der Waals surface area contributed by atoms with Gasteiger partial charge in [-0.3, -0.25) is 4.79 Å². The Hall–Kier alpha value is -1.56. The number of amides is 1. The van der Waals surface area contributed by atoms with Gasteiger partial charge < -0.3 is 11.1 Å². The van der Waals surface area contributed by atoms with E-state index in [0.29, 0.717) is 12.8 Å². The Bertz CT molecular complexity index is 393. The number of rotatable bonds is 6. The Kier molecular flexibility index (Phi) is 5.82. The van der Waals surface area contributed by atoms with Gasteiger partial charge in [-0.25, -0.2) is 0 Å². The van der Waals surface area contributed by atoms with E-state index in [4.69, 9.17) is 5.73 Å². The fourth-order valence-corrected chi connectivity index (χ4v) is 1.56. The van der Waals surface area contributed by atoms with Crippen LogP contribution in [0.1, 0.15) is 18.4 Å². The number of nitrogens with one attached hydrogen (secondary N) is 1. The van der Waals surface area contributed by atoms with Crippen molar-refractivity contribution in [2.45, 2.75) is 31.5 Å². The average molecular weight is 274 g/mol. The first-order chi connectivity index (χ1) is 8.88. The first kappa shape index (κ1) is 15.5. The van der Waals surface area contributed by atoms with E-state index in [2.05, 4.69) is 5.32 Å². The van der Waals surface area contributed by atoms with Crippen LogP contribution >= 0.6 is 0 Å². The van der Waals surface area contributed by atoms with Crippen LogP contribution < -0.4 is 11.1 Å². The fourth-order valence-electron chi connectivity index (χ4n) is 1.56. The number of carbonyl (C=O) groups is 1. The molecule has 0 aliphatic heterocycles. The summed E-state index contributed by atoms with van der Waals surface area (Å²) in [4.78, 5) is 11.4. The van der Waals surface area contributed by atoms with Crippen LogP contribution in [0.25, 0.3) is 0 Å². The van der Waals surface area contributed by atoms with E-state index in [1.165, 1.54) is 0 Å². The molecule has 0 unspecified atom stereocenters. The number of alkyl halides is 3. The number of hydrogen-bond acceptors (Lipinski definition) is 2. The summed E-state index contributed by atoms with van der Waals surface area (Å²) < 4.78 is 35.7. The molecule has 1 amide bonds. The minimum Gasteiger partial charge on any atom is -0.354 e. The van der Waals surface area contributed by atoms with Crippen LogP contribution in [0.15, 0.2) is 30.3 Å². The Labute approximate surface area is 110 Å². The summed E-state index contributed by atoms with van der Waals surface area (Å²) in [6.07, 6.45) is -4.28. The standard InChI is InChI=1S/C13H17F3N2O/c14-13(15,16)8-9-18-12(19)11(17)7-6-10-4-2-1-3-5-10/h1-5,11H,6-9,17H2,(H,18,19)/t11-/m0/s1. The number of aryl methyl sites for hydroxylation is 1.